The van der Waals surface area contributed by atoms with Gasteiger partial charge in [0.05, 0.1) is 31.5 Å². The van der Waals surface area contributed by atoms with E-state index in [1.165, 1.54) is 12.8 Å². The van der Waals surface area contributed by atoms with E-state index in [0.29, 0.717) is 70.5 Å². The highest BCUT2D eigenvalue weighted by molar-refractivity contribution is 5.96. The molecule has 2 unspecified atom stereocenters. The van der Waals surface area contributed by atoms with Crippen LogP contribution in [0.2, 0.25) is 0 Å². The Hall–Kier alpha value is -4.79. The molecule has 9 heteroatoms. The van der Waals surface area contributed by atoms with Gasteiger partial charge >= 0.3 is 0 Å². The molecule has 0 saturated carbocycles. The summed E-state index contributed by atoms with van der Waals surface area (Å²) in [6, 6.07) is 13.4. The lowest BCUT2D eigenvalue weighted by molar-refractivity contribution is 0.231. The molecule has 0 amide bonds. The number of hydrogen-bond acceptors (Lipinski definition) is 8. The first-order valence-corrected chi connectivity index (χ1v) is 20.4. The molecule has 9 nitrogen and oxygen atoms in total. The Kier molecular flexibility index (Phi) is 14.4. The summed E-state index contributed by atoms with van der Waals surface area (Å²) in [7, 11) is 1.66. The van der Waals surface area contributed by atoms with Crippen LogP contribution in [0.15, 0.2) is 48.7 Å². The van der Waals surface area contributed by atoms with Gasteiger partial charge in [0.15, 0.2) is 17.5 Å². The molecule has 3 aromatic carbocycles. The van der Waals surface area contributed by atoms with E-state index in [9.17, 15) is 10.2 Å². The van der Waals surface area contributed by atoms with Crippen molar-refractivity contribution in [3.05, 3.63) is 59.8 Å². The van der Waals surface area contributed by atoms with Crippen molar-refractivity contribution in [1.29, 1.82) is 0 Å². The third-order valence-corrected chi connectivity index (χ3v) is 10.8. The molecule has 5 aromatic rings. The lowest BCUT2D eigenvalue weighted by Gasteiger charge is -2.19. The smallest absolute Gasteiger partial charge is 0.167 e. The van der Waals surface area contributed by atoms with Gasteiger partial charge in [-0.3, -0.25) is 0 Å². The maximum Gasteiger partial charge on any atom is 0.167 e. The van der Waals surface area contributed by atoms with Gasteiger partial charge in [0.25, 0.3) is 0 Å². The summed E-state index contributed by atoms with van der Waals surface area (Å²) >= 11 is 0. The van der Waals surface area contributed by atoms with Gasteiger partial charge < -0.3 is 29.0 Å². The van der Waals surface area contributed by atoms with Crippen LogP contribution in [0.1, 0.15) is 104 Å². The molecule has 296 valence electrons. The number of aromatic nitrogens is 4. The van der Waals surface area contributed by atoms with Crippen molar-refractivity contribution in [3.8, 4) is 62.9 Å². The second-order valence-electron chi connectivity index (χ2n) is 15.4. The van der Waals surface area contributed by atoms with Crippen molar-refractivity contribution < 1.29 is 24.4 Å². The summed E-state index contributed by atoms with van der Waals surface area (Å²) < 4.78 is 20.4. The quantitative estimate of drug-likeness (QED) is 0.0808. The maximum atomic E-state index is 11.7. The molecule has 0 fully saturated rings. The van der Waals surface area contributed by atoms with Crippen LogP contribution >= 0.6 is 0 Å². The molecule has 0 aliphatic rings. The highest BCUT2D eigenvalue weighted by Gasteiger charge is 2.23. The van der Waals surface area contributed by atoms with E-state index in [-0.39, 0.29) is 23.1 Å². The van der Waals surface area contributed by atoms with Crippen LogP contribution in [0.4, 0.5) is 0 Å². The molecule has 55 heavy (non-hydrogen) atoms. The van der Waals surface area contributed by atoms with Crippen molar-refractivity contribution in [2.75, 3.05) is 20.3 Å². The van der Waals surface area contributed by atoms with Gasteiger partial charge in [0.1, 0.15) is 28.7 Å². The van der Waals surface area contributed by atoms with Gasteiger partial charge in [-0.05, 0) is 86.9 Å². The van der Waals surface area contributed by atoms with Crippen molar-refractivity contribution in [2.45, 2.75) is 113 Å². The van der Waals surface area contributed by atoms with E-state index in [1.807, 2.05) is 50.2 Å². The minimum Gasteiger partial charge on any atom is -0.507 e. The third-order valence-electron chi connectivity index (χ3n) is 10.8. The maximum absolute atomic E-state index is 11.7. The minimum atomic E-state index is 0.0452. The summed E-state index contributed by atoms with van der Waals surface area (Å²) in [6.07, 6.45) is 11.0. The van der Waals surface area contributed by atoms with Crippen LogP contribution in [-0.2, 0) is 6.54 Å². The number of aromatic hydroxyl groups is 2. The topological polar surface area (TPSA) is 112 Å². The Morgan fingerprint density at radius 1 is 0.673 bits per heavy atom. The molecular formula is C46H62N4O5. The molecule has 0 bridgehead atoms. The van der Waals surface area contributed by atoms with Crippen LogP contribution in [0, 0.1) is 31.6 Å². The van der Waals surface area contributed by atoms with E-state index in [2.05, 4.69) is 58.4 Å². The fraction of sp³-hybridized carbons (Fsp3) is 0.500. The highest BCUT2D eigenvalue weighted by atomic mass is 16.5. The number of unbranched alkanes of at least 4 members (excludes halogenated alkanes) is 2. The summed E-state index contributed by atoms with van der Waals surface area (Å²) in [5.74, 6) is 4.37. The number of phenolic OH excluding ortho intramolecular Hbond substituents is 2. The average molecular weight is 751 g/mol. The normalized spacial score (nSPS) is 12.7. The van der Waals surface area contributed by atoms with Gasteiger partial charge in [0.2, 0.25) is 0 Å². The SMILES string of the molecule is CCCCC(CC)COc1ccc(-c2nc(-c3ccc(OCC(CC)CCCC)c(C)c3O)nc(-c3cn(CC(C)C)c4ccc(OC)cc34)n2)c(O)c1C. The summed E-state index contributed by atoms with van der Waals surface area (Å²) in [4.78, 5) is 15.0. The van der Waals surface area contributed by atoms with Crippen LogP contribution in [0.3, 0.4) is 0 Å². The van der Waals surface area contributed by atoms with Crippen LogP contribution < -0.4 is 14.2 Å². The predicted molar refractivity (Wildman–Crippen MR) is 223 cm³/mol. The molecule has 5 rings (SSSR count). The number of ether oxygens (including phenoxy) is 3. The number of hydrogen-bond donors (Lipinski definition) is 2. The average Bonchev–Trinajstić information content (AvgIpc) is 3.54. The predicted octanol–water partition coefficient (Wildman–Crippen LogP) is 11.7. The van der Waals surface area contributed by atoms with Crippen molar-refractivity contribution in [2.24, 2.45) is 17.8 Å². The van der Waals surface area contributed by atoms with Crippen molar-refractivity contribution in [1.82, 2.24) is 19.5 Å². The standard InChI is InChI=1S/C46H62N4O5/c1-10-14-16-32(12-3)27-54-40-22-19-35(42(51)30(40)7)44-47-45(36-20-23-41(31(8)43(36)52)55-28-33(13-4)17-15-11-2)49-46(48-44)38-26-50(25-29(5)6)39-21-18-34(53-9)24-37(38)39/h18-24,26,29,32-33,51-52H,10-17,25,27-28H2,1-9H3. The summed E-state index contributed by atoms with van der Waals surface area (Å²) in [5, 5.41) is 24.3. The zero-order chi connectivity index (χ0) is 39.6. The largest absolute Gasteiger partial charge is 0.507 e. The van der Waals surface area contributed by atoms with E-state index in [0.717, 1.165) is 67.3 Å². The van der Waals surface area contributed by atoms with Gasteiger partial charge in [-0.1, -0.05) is 80.1 Å². The van der Waals surface area contributed by atoms with Crippen LogP contribution in [0.25, 0.3) is 45.1 Å². The first-order chi connectivity index (χ1) is 26.5. The molecule has 2 atom stereocenters. The Labute approximate surface area is 328 Å². The molecule has 0 spiro atoms. The molecule has 0 radical (unpaired) electrons. The van der Waals surface area contributed by atoms with Crippen molar-refractivity contribution in [3.63, 3.8) is 0 Å². The second kappa shape index (κ2) is 19.2. The number of rotatable bonds is 20. The van der Waals surface area contributed by atoms with Gasteiger partial charge in [-0.25, -0.2) is 15.0 Å². The highest BCUT2D eigenvalue weighted by Crippen LogP contribution is 2.41. The van der Waals surface area contributed by atoms with Gasteiger partial charge in [0, 0.05) is 40.3 Å². The first kappa shape index (κ1) is 41.4. The van der Waals surface area contributed by atoms with Gasteiger partial charge in [-0.15, -0.1) is 0 Å². The lowest BCUT2D eigenvalue weighted by Crippen LogP contribution is -2.12. The fourth-order valence-electron chi connectivity index (χ4n) is 7.11. The molecule has 0 aliphatic carbocycles. The number of methoxy groups -OCH3 is 1. The number of nitrogens with zero attached hydrogens (tertiary/aromatic N) is 4. The summed E-state index contributed by atoms with van der Waals surface area (Å²) in [6.45, 7) is 18.9. The summed E-state index contributed by atoms with van der Waals surface area (Å²) in [5.41, 5.74) is 3.96. The lowest BCUT2D eigenvalue weighted by atomic mass is 10.0. The Morgan fingerprint density at radius 3 is 1.60 bits per heavy atom. The molecule has 2 heterocycles. The first-order valence-electron chi connectivity index (χ1n) is 20.4. The monoisotopic (exact) mass is 750 g/mol. The molecule has 2 aromatic heterocycles. The number of benzene rings is 3. The number of phenols is 2. The van der Waals surface area contributed by atoms with E-state index in [1.54, 1.807) is 7.11 Å². The number of fused-ring (bicyclic) bond motifs is 1. The molecule has 2 N–H and O–H groups in total. The van der Waals surface area contributed by atoms with Crippen LogP contribution in [0.5, 0.6) is 28.7 Å². The minimum absolute atomic E-state index is 0.0452. The zero-order valence-electron chi connectivity index (χ0n) is 34.5. The molecular weight excluding hydrogens is 689 g/mol. The third kappa shape index (κ3) is 9.72. The fourth-order valence-corrected chi connectivity index (χ4v) is 7.11. The Balaban J connectivity index is 1.63. The van der Waals surface area contributed by atoms with E-state index in [4.69, 9.17) is 29.2 Å². The van der Waals surface area contributed by atoms with E-state index < -0.39 is 0 Å². The Bertz CT molecular complexity index is 1940. The van der Waals surface area contributed by atoms with Crippen LogP contribution in [-0.4, -0.2) is 50.1 Å². The van der Waals surface area contributed by atoms with Crippen molar-refractivity contribution >= 4 is 10.9 Å². The molecule has 0 aliphatic heterocycles. The second-order valence-corrected chi connectivity index (χ2v) is 15.4. The van der Waals surface area contributed by atoms with E-state index >= 15 is 0 Å². The Morgan fingerprint density at radius 2 is 1.16 bits per heavy atom. The zero-order valence-corrected chi connectivity index (χ0v) is 34.5. The van der Waals surface area contributed by atoms with Gasteiger partial charge in [-0.2, -0.15) is 0 Å². The molecule has 0 saturated heterocycles.